The number of hydrogen-bond donors (Lipinski definition) is 1. The van der Waals surface area contributed by atoms with Crippen LogP contribution in [0.1, 0.15) is 49.8 Å². The van der Waals surface area contributed by atoms with Crippen LogP contribution in [0.25, 0.3) is 0 Å². The highest BCUT2D eigenvalue weighted by Crippen LogP contribution is 2.29. The van der Waals surface area contributed by atoms with Crippen LogP contribution in [0.2, 0.25) is 0 Å². The standard InChI is InChI=1S/C20H28N2O3/c1-2-25-20(24)16-9-6-12-22(13-16)14-19(23)21-18-11-5-8-15-7-3-4-10-17(15)18/h3-4,7,10,16,18H,2,5-6,8-9,11-14H2,1H3,(H,21,23). The summed E-state index contributed by atoms with van der Waals surface area (Å²) in [4.78, 5) is 26.5. The Balaban J connectivity index is 1.54. The van der Waals surface area contributed by atoms with Crippen molar-refractivity contribution in [2.45, 2.75) is 45.1 Å². The van der Waals surface area contributed by atoms with Gasteiger partial charge in [-0.05, 0) is 56.7 Å². The Labute approximate surface area is 149 Å². The molecular formula is C20H28N2O3. The van der Waals surface area contributed by atoms with Crippen molar-refractivity contribution in [3.05, 3.63) is 35.4 Å². The van der Waals surface area contributed by atoms with Crippen molar-refractivity contribution in [1.82, 2.24) is 10.2 Å². The van der Waals surface area contributed by atoms with Gasteiger partial charge in [-0.2, -0.15) is 0 Å². The minimum atomic E-state index is -0.131. The van der Waals surface area contributed by atoms with Crippen LogP contribution in [0.5, 0.6) is 0 Å². The molecular weight excluding hydrogens is 316 g/mol. The monoisotopic (exact) mass is 344 g/mol. The molecule has 25 heavy (non-hydrogen) atoms. The fraction of sp³-hybridized carbons (Fsp3) is 0.600. The average Bonchev–Trinajstić information content (AvgIpc) is 2.62. The first-order valence-electron chi connectivity index (χ1n) is 9.43. The predicted molar refractivity (Wildman–Crippen MR) is 96.1 cm³/mol. The number of hydrogen-bond acceptors (Lipinski definition) is 4. The number of esters is 1. The van der Waals surface area contributed by atoms with Gasteiger partial charge in [0.15, 0.2) is 0 Å². The van der Waals surface area contributed by atoms with Crippen LogP contribution in [0, 0.1) is 5.92 Å². The number of aryl methyl sites for hydroxylation is 1. The summed E-state index contributed by atoms with van der Waals surface area (Å²) < 4.78 is 5.13. The first-order valence-corrected chi connectivity index (χ1v) is 9.43. The largest absolute Gasteiger partial charge is 0.466 e. The third-order valence-electron chi connectivity index (χ3n) is 5.20. The number of benzene rings is 1. The zero-order valence-electron chi connectivity index (χ0n) is 15.0. The molecule has 1 aromatic carbocycles. The van der Waals surface area contributed by atoms with Crippen molar-refractivity contribution in [3.8, 4) is 0 Å². The lowest BCUT2D eigenvalue weighted by molar-refractivity contribution is -0.150. The second kappa shape index (κ2) is 8.48. The molecule has 2 atom stereocenters. The van der Waals surface area contributed by atoms with Gasteiger partial charge in [0.2, 0.25) is 5.91 Å². The van der Waals surface area contributed by atoms with Gasteiger partial charge >= 0.3 is 5.97 Å². The van der Waals surface area contributed by atoms with Crippen LogP contribution in [-0.2, 0) is 20.7 Å². The number of likely N-dealkylation sites (tertiary alicyclic amines) is 1. The molecule has 0 radical (unpaired) electrons. The minimum absolute atomic E-state index is 0.0474. The van der Waals surface area contributed by atoms with E-state index in [9.17, 15) is 9.59 Å². The zero-order valence-corrected chi connectivity index (χ0v) is 15.0. The average molecular weight is 344 g/mol. The third-order valence-corrected chi connectivity index (χ3v) is 5.20. The molecule has 1 aromatic rings. The van der Waals surface area contributed by atoms with Gasteiger partial charge in [0, 0.05) is 6.54 Å². The molecule has 0 saturated carbocycles. The first-order chi connectivity index (χ1) is 12.2. The SMILES string of the molecule is CCOC(=O)C1CCCN(CC(=O)NC2CCCc3ccccc32)C1. The molecule has 3 rings (SSSR count). The number of carbonyl (C=O) groups excluding carboxylic acids is 2. The Morgan fingerprint density at radius 2 is 2.08 bits per heavy atom. The van der Waals surface area contributed by atoms with Gasteiger partial charge in [-0.1, -0.05) is 24.3 Å². The summed E-state index contributed by atoms with van der Waals surface area (Å²) in [6, 6.07) is 8.49. The second-order valence-electron chi connectivity index (χ2n) is 7.04. The van der Waals surface area contributed by atoms with Crippen LogP contribution >= 0.6 is 0 Å². The smallest absolute Gasteiger partial charge is 0.310 e. The normalized spacial score (nSPS) is 23.6. The van der Waals surface area contributed by atoms with Crippen molar-refractivity contribution >= 4 is 11.9 Å². The number of ether oxygens (including phenoxy) is 1. The highest BCUT2D eigenvalue weighted by atomic mass is 16.5. The maximum Gasteiger partial charge on any atom is 0.310 e. The van der Waals surface area contributed by atoms with Crippen LogP contribution in [0.3, 0.4) is 0 Å². The Morgan fingerprint density at radius 3 is 2.92 bits per heavy atom. The van der Waals surface area contributed by atoms with Crippen molar-refractivity contribution in [2.24, 2.45) is 5.92 Å². The topological polar surface area (TPSA) is 58.6 Å². The second-order valence-corrected chi connectivity index (χ2v) is 7.04. The summed E-state index contributed by atoms with van der Waals surface area (Å²) in [5, 5.41) is 3.19. The highest BCUT2D eigenvalue weighted by Gasteiger charge is 2.28. The molecule has 5 nitrogen and oxygen atoms in total. The summed E-state index contributed by atoms with van der Waals surface area (Å²) in [6.45, 7) is 4.08. The molecule has 0 aromatic heterocycles. The Bertz CT molecular complexity index is 617. The van der Waals surface area contributed by atoms with Gasteiger partial charge in [-0.3, -0.25) is 14.5 Å². The fourth-order valence-electron chi connectivity index (χ4n) is 4.00. The van der Waals surface area contributed by atoms with Crippen molar-refractivity contribution in [1.29, 1.82) is 0 Å². The van der Waals surface area contributed by atoms with E-state index in [0.717, 1.165) is 38.6 Å². The van der Waals surface area contributed by atoms with E-state index in [1.807, 2.05) is 13.0 Å². The van der Waals surface area contributed by atoms with Crippen LogP contribution in [0.15, 0.2) is 24.3 Å². The number of rotatable bonds is 5. The molecule has 1 aliphatic carbocycles. The number of carbonyl (C=O) groups is 2. The highest BCUT2D eigenvalue weighted by molar-refractivity contribution is 5.79. The summed E-state index contributed by atoms with van der Waals surface area (Å²) in [6.07, 6.45) is 4.98. The summed E-state index contributed by atoms with van der Waals surface area (Å²) in [7, 11) is 0. The maximum atomic E-state index is 12.5. The number of nitrogens with one attached hydrogen (secondary N) is 1. The lowest BCUT2D eigenvalue weighted by Crippen LogP contribution is -2.45. The van der Waals surface area contributed by atoms with Gasteiger partial charge in [0.1, 0.15) is 0 Å². The van der Waals surface area contributed by atoms with Gasteiger partial charge in [-0.15, -0.1) is 0 Å². The number of piperidine rings is 1. The Kier molecular flexibility index (Phi) is 6.08. The first kappa shape index (κ1) is 17.9. The minimum Gasteiger partial charge on any atom is -0.466 e. The third kappa shape index (κ3) is 4.60. The summed E-state index contributed by atoms with van der Waals surface area (Å²) >= 11 is 0. The van der Waals surface area contributed by atoms with Crippen molar-refractivity contribution < 1.29 is 14.3 Å². The molecule has 1 heterocycles. The maximum absolute atomic E-state index is 12.5. The fourth-order valence-corrected chi connectivity index (χ4v) is 4.00. The van der Waals surface area contributed by atoms with E-state index >= 15 is 0 Å². The summed E-state index contributed by atoms with van der Waals surface area (Å²) in [5.74, 6) is -0.183. The molecule has 136 valence electrons. The van der Waals surface area contributed by atoms with Crippen molar-refractivity contribution in [3.63, 3.8) is 0 Å². The number of nitrogens with zero attached hydrogens (tertiary/aromatic N) is 1. The molecule has 0 spiro atoms. The van der Waals surface area contributed by atoms with Gasteiger partial charge < -0.3 is 10.1 Å². The van der Waals surface area contributed by atoms with Crippen molar-refractivity contribution in [2.75, 3.05) is 26.2 Å². The van der Waals surface area contributed by atoms with Crippen LogP contribution < -0.4 is 5.32 Å². The zero-order chi connectivity index (χ0) is 17.6. The molecule has 1 saturated heterocycles. The van der Waals surface area contributed by atoms with E-state index in [2.05, 4.69) is 28.4 Å². The molecule has 1 N–H and O–H groups in total. The summed E-state index contributed by atoms with van der Waals surface area (Å²) in [5.41, 5.74) is 2.60. The van der Waals surface area contributed by atoms with Gasteiger partial charge in [0.25, 0.3) is 0 Å². The van der Waals surface area contributed by atoms with E-state index in [1.54, 1.807) is 0 Å². The van der Waals surface area contributed by atoms with E-state index in [1.165, 1.54) is 11.1 Å². The van der Waals surface area contributed by atoms with E-state index in [-0.39, 0.29) is 23.8 Å². The van der Waals surface area contributed by atoms with Gasteiger partial charge in [-0.25, -0.2) is 0 Å². The molecule has 1 amide bonds. The van der Waals surface area contributed by atoms with E-state index < -0.39 is 0 Å². The molecule has 5 heteroatoms. The number of amides is 1. The molecule has 2 unspecified atom stereocenters. The Hall–Kier alpha value is -1.88. The van der Waals surface area contributed by atoms with Crippen LogP contribution in [-0.4, -0.2) is 43.0 Å². The van der Waals surface area contributed by atoms with E-state index in [4.69, 9.17) is 4.74 Å². The lowest BCUT2D eigenvalue weighted by atomic mass is 9.88. The number of fused-ring (bicyclic) bond motifs is 1. The Morgan fingerprint density at radius 1 is 1.24 bits per heavy atom. The quantitative estimate of drug-likeness (QED) is 0.834. The molecule has 0 bridgehead atoms. The lowest BCUT2D eigenvalue weighted by Gasteiger charge is -2.32. The van der Waals surface area contributed by atoms with Gasteiger partial charge in [0.05, 0.1) is 25.1 Å². The van der Waals surface area contributed by atoms with E-state index in [0.29, 0.717) is 19.7 Å². The molecule has 1 fully saturated rings. The predicted octanol–water partition coefficient (Wildman–Crippen LogP) is 2.46. The molecule has 2 aliphatic rings. The molecule has 1 aliphatic heterocycles. The van der Waals surface area contributed by atoms with Crippen LogP contribution in [0.4, 0.5) is 0 Å².